The van der Waals surface area contributed by atoms with Crippen LogP contribution in [-0.2, 0) is 22.8 Å². The van der Waals surface area contributed by atoms with Crippen molar-refractivity contribution in [1.29, 1.82) is 0 Å². The monoisotopic (exact) mass is 376 g/mol. The Bertz CT molecular complexity index is 1000. The van der Waals surface area contributed by atoms with Crippen LogP contribution in [0.2, 0.25) is 0 Å². The van der Waals surface area contributed by atoms with E-state index in [0.717, 1.165) is 10.6 Å². The van der Waals surface area contributed by atoms with E-state index in [-0.39, 0.29) is 10.6 Å². The third kappa shape index (κ3) is 3.34. The van der Waals surface area contributed by atoms with Crippen molar-refractivity contribution in [2.75, 3.05) is 0 Å². The summed E-state index contributed by atoms with van der Waals surface area (Å²) in [6.07, 6.45) is 0.577. The fourth-order valence-electron chi connectivity index (χ4n) is 2.94. The van der Waals surface area contributed by atoms with Crippen molar-refractivity contribution in [2.45, 2.75) is 37.0 Å². The average Bonchev–Trinajstić information content (AvgIpc) is 3.23. The highest BCUT2D eigenvalue weighted by Gasteiger charge is 2.29. The van der Waals surface area contributed by atoms with E-state index in [9.17, 15) is 13.2 Å². The molecule has 1 aromatic carbocycles. The second-order valence-corrected chi connectivity index (χ2v) is 9.11. The number of imidazole rings is 1. The molecule has 0 saturated carbocycles. The Morgan fingerprint density at radius 1 is 1.16 bits per heavy atom. The molecule has 0 amide bonds. The largest absolute Gasteiger partial charge is 0.326 e. The van der Waals surface area contributed by atoms with Crippen LogP contribution in [0, 0.1) is 0 Å². The number of nitrogens with one attached hydrogen (secondary N) is 1. The summed E-state index contributed by atoms with van der Waals surface area (Å²) in [7, 11) is -3.57. The standard InChI is InChI=1S/C18H20N2O3S2/c1-3-16-17(13(2)25(22,23)15-9-5-4-6-10-15)19-18(21)20(16)12-14-8-7-11-24-14/h4-11,13H,3,12H2,1-2H3,(H,19,21)/t13-/m1/s1. The predicted molar refractivity (Wildman–Crippen MR) is 99.9 cm³/mol. The summed E-state index contributed by atoms with van der Waals surface area (Å²) in [6.45, 7) is 4.01. The lowest BCUT2D eigenvalue weighted by atomic mass is 10.2. The molecule has 7 heteroatoms. The number of H-pyrrole nitrogens is 1. The van der Waals surface area contributed by atoms with E-state index in [1.165, 1.54) is 0 Å². The SMILES string of the molecule is CCc1c([C@@H](C)S(=O)(=O)c2ccccc2)[nH]c(=O)n1Cc1cccs1. The smallest absolute Gasteiger partial charge is 0.308 e. The highest BCUT2D eigenvalue weighted by molar-refractivity contribution is 7.91. The second-order valence-electron chi connectivity index (χ2n) is 5.81. The molecule has 0 spiro atoms. The van der Waals surface area contributed by atoms with Crippen LogP contribution in [0.15, 0.2) is 57.5 Å². The molecule has 0 aliphatic heterocycles. The number of aromatic nitrogens is 2. The van der Waals surface area contributed by atoms with Crippen molar-refractivity contribution >= 4 is 21.2 Å². The lowest BCUT2D eigenvalue weighted by molar-refractivity contribution is 0.584. The van der Waals surface area contributed by atoms with Crippen LogP contribution in [0.5, 0.6) is 0 Å². The van der Waals surface area contributed by atoms with Gasteiger partial charge in [0.15, 0.2) is 9.84 Å². The summed E-state index contributed by atoms with van der Waals surface area (Å²) in [4.78, 5) is 16.5. The van der Waals surface area contributed by atoms with E-state index < -0.39 is 15.1 Å². The third-order valence-electron chi connectivity index (χ3n) is 4.30. The minimum atomic E-state index is -3.57. The molecule has 2 heterocycles. The van der Waals surface area contributed by atoms with Gasteiger partial charge in [-0.2, -0.15) is 0 Å². The van der Waals surface area contributed by atoms with Crippen LogP contribution < -0.4 is 5.69 Å². The molecule has 25 heavy (non-hydrogen) atoms. The lowest BCUT2D eigenvalue weighted by Gasteiger charge is -2.14. The lowest BCUT2D eigenvalue weighted by Crippen LogP contribution is -2.18. The molecule has 2 aromatic heterocycles. The first kappa shape index (κ1) is 17.7. The minimum absolute atomic E-state index is 0.261. The van der Waals surface area contributed by atoms with Crippen molar-refractivity contribution in [1.82, 2.24) is 9.55 Å². The van der Waals surface area contributed by atoms with Crippen molar-refractivity contribution in [2.24, 2.45) is 0 Å². The van der Waals surface area contributed by atoms with E-state index in [4.69, 9.17) is 0 Å². The highest BCUT2D eigenvalue weighted by atomic mass is 32.2. The van der Waals surface area contributed by atoms with E-state index in [1.54, 1.807) is 53.2 Å². The Hall–Kier alpha value is -2.12. The van der Waals surface area contributed by atoms with Gasteiger partial charge in [-0.15, -0.1) is 11.3 Å². The van der Waals surface area contributed by atoms with Crippen LogP contribution in [0.3, 0.4) is 0 Å². The van der Waals surface area contributed by atoms with Gasteiger partial charge in [-0.3, -0.25) is 4.57 Å². The summed E-state index contributed by atoms with van der Waals surface area (Å²) < 4.78 is 27.5. The molecule has 0 aliphatic carbocycles. The molecule has 3 rings (SSSR count). The van der Waals surface area contributed by atoms with Gasteiger partial charge >= 0.3 is 5.69 Å². The number of hydrogen-bond donors (Lipinski definition) is 1. The van der Waals surface area contributed by atoms with Crippen LogP contribution >= 0.6 is 11.3 Å². The minimum Gasteiger partial charge on any atom is -0.308 e. The summed E-state index contributed by atoms with van der Waals surface area (Å²) in [6, 6.07) is 12.2. The number of thiophene rings is 1. The average molecular weight is 377 g/mol. The number of rotatable bonds is 6. The Morgan fingerprint density at radius 2 is 1.88 bits per heavy atom. The van der Waals surface area contributed by atoms with Crippen LogP contribution in [0.1, 0.15) is 35.4 Å². The van der Waals surface area contributed by atoms with Crippen molar-refractivity contribution in [3.8, 4) is 0 Å². The number of benzene rings is 1. The zero-order valence-corrected chi connectivity index (χ0v) is 15.7. The summed E-state index contributed by atoms with van der Waals surface area (Å²) in [5.41, 5.74) is 0.952. The second kappa shape index (κ2) is 7.01. The van der Waals surface area contributed by atoms with Gasteiger partial charge in [0.05, 0.1) is 17.1 Å². The maximum Gasteiger partial charge on any atom is 0.326 e. The van der Waals surface area contributed by atoms with Crippen molar-refractivity contribution in [3.63, 3.8) is 0 Å². The number of sulfone groups is 1. The number of nitrogens with zero attached hydrogens (tertiary/aromatic N) is 1. The maximum atomic E-state index is 12.9. The molecule has 0 aliphatic rings. The summed E-state index contributed by atoms with van der Waals surface area (Å²) in [5.74, 6) is 0. The van der Waals surface area contributed by atoms with Gasteiger partial charge in [0.25, 0.3) is 0 Å². The topological polar surface area (TPSA) is 71.9 Å². The molecule has 0 fully saturated rings. The molecule has 0 unspecified atom stereocenters. The Labute approximate surface area is 150 Å². The van der Waals surface area contributed by atoms with Gasteiger partial charge < -0.3 is 4.98 Å². The van der Waals surface area contributed by atoms with Gasteiger partial charge in [0.2, 0.25) is 0 Å². The molecule has 5 nitrogen and oxygen atoms in total. The fourth-order valence-corrected chi connectivity index (χ4v) is 5.08. The van der Waals surface area contributed by atoms with E-state index >= 15 is 0 Å². The Balaban J connectivity index is 2.04. The number of hydrogen-bond acceptors (Lipinski definition) is 4. The third-order valence-corrected chi connectivity index (χ3v) is 7.25. The van der Waals surface area contributed by atoms with E-state index in [0.29, 0.717) is 18.7 Å². The Morgan fingerprint density at radius 3 is 2.48 bits per heavy atom. The molecule has 0 saturated heterocycles. The van der Waals surface area contributed by atoms with Gasteiger partial charge in [0.1, 0.15) is 5.25 Å². The van der Waals surface area contributed by atoms with Crippen LogP contribution in [-0.4, -0.2) is 18.0 Å². The summed E-state index contributed by atoms with van der Waals surface area (Å²) >= 11 is 1.57. The first-order valence-electron chi connectivity index (χ1n) is 8.08. The summed E-state index contributed by atoms with van der Waals surface area (Å²) in [5, 5.41) is 1.14. The molecule has 0 radical (unpaired) electrons. The van der Waals surface area contributed by atoms with Gasteiger partial charge in [-0.25, -0.2) is 13.2 Å². The number of aromatic amines is 1. The normalized spacial score (nSPS) is 13.0. The highest BCUT2D eigenvalue weighted by Crippen LogP contribution is 2.29. The fraction of sp³-hybridized carbons (Fsp3) is 0.278. The van der Waals surface area contributed by atoms with Gasteiger partial charge in [0, 0.05) is 10.6 Å². The molecular formula is C18H20N2O3S2. The van der Waals surface area contributed by atoms with E-state index in [2.05, 4.69) is 4.98 Å². The molecule has 1 N–H and O–H groups in total. The maximum absolute atomic E-state index is 12.9. The molecule has 0 bridgehead atoms. The van der Waals surface area contributed by atoms with Gasteiger partial charge in [-0.1, -0.05) is 31.2 Å². The zero-order valence-electron chi connectivity index (χ0n) is 14.1. The molecule has 3 aromatic rings. The zero-order chi connectivity index (χ0) is 18.0. The van der Waals surface area contributed by atoms with Gasteiger partial charge in [-0.05, 0) is 36.9 Å². The quantitative estimate of drug-likeness (QED) is 0.717. The van der Waals surface area contributed by atoms with Crippen LogP contribution in [0.4, 0.5) is 0 Å². The predicted octanol–water partition coefficient (Wildman–Crippen LogP) is 3.38. The van der Waals surface area contributed by atoms with E-state index in [1.807, 2.05) is 24.4 Å². The first-order chi connectivity index (χ1) is 11.9. The van der Waals surface area contributed by atoms with Crippen LogP contribution in [0.25, 0.3) is 0 Å². The van der Waals surface area contributed by atoms with Crippen molar-refractivity contribution in [3.05, 3.63) is 74.6 Å². The molecule has 132 valence electrons. The molecule has 1 atom stereocenters. The van der Waals surface area contributed by atoms with Crippen molar-refractivity contribution < 1.29 is 8.42 Å². The Kier molecular flexibility index (Phi) is 4.96. The molecular weight excluding hydrogens is 356 g/mol. The first-order valence-corrected chi connectivity index (χ1v) is 10.5.